The second-order valence-corrected chi connectivity index (χ2v) is 3.80. The predicted octanol–water partition coefficient (Wildman–Crippen LogP) is 1.29. The summed E-state index contributed by atoms with van der Waals surface area (Å²) < 4.78 is 5.02. The van der Waals surface area contributed by atoms with Crippen LogP contribution in [-0.2, 0) is 0 Å². The summed E-state index contributed by atoms with van der Waals surface area (Å²) in [6.45, 7) is 0. The molecule has 0 radical (unpaired) electrons. The number of carbonyl (C=O) groups excluding carboxylic acids is 1. The van der Waals surface area contributed by atoms with Crippen LogP contribution in [0.25, 0.3) is 10.9 Å². The van der Waals surface area contributed by atoms with Gasteiger partial charge in [0.25, 0.3) is 5.91 Å². The third-order valence-electron chi connectivity index (χ3n) is 2.40. The first-order chi connectivity index (χ1) is 8.04. The Kier molecular flexibility index (Phi) is 2.77. The number of ether oxygens (including phenoxy) is 1. The Balaban J connectivity index is 2.86. The Hall–Kier alpha value is -2.01. The van der Waals surface area contributed by atoms with Gasteiger partial charge in [-0.1, -0.05) is 11.6 Å². The molecular formula is C11H9ClN2O3. The molecule has 0 aliphatic rings. The third kappa shape index (κ3) is 1.85. The van der Waals surface area contributed by atoms with E-state index in [4.69, 9.17) is 22.1 Å². The molecule has 3 N–H and O–H groups in total. The molecular weight excluding hydrogens is 244 g/mol. The number of halogens is 1. The van der Waals surface area contributed by atoms with Gasteiger partial charge in [0.1, 0.15) is 16.5 Å². The average molecular weight is 253 g/mol. The van der Waals surface area contributed by atoms with Gasteiger partial charge in [-0.05, 0) is 12.1 Å². The van der Waals surface area contributed by atoms with Gasteiger partial charge in [-0.15, -0.1) is 0 Å². The van der Waals surface area contributed by atoms with E-state index >= 15 is 0 Å². The topological polar surface area (TPSA) is 85.2 Å². The first-order valence-electron chi connectivity index (χ1n) is 4.74. The van der Waals surface area contributed by atoms with Crippen molar-refractivity contribution in [3.8, 4) is 5.75 Å². The van der Waals surface area contributed by atoms with E-state index in [0.29, 0.717) is 16.7 Å². The molecule has 1 aromatic carbocycles. The smallest absolute Gasteiger partial charge is 0.266 e. The number of nitrogens with one attached hydrogen (secondary N) is 1. The van der Waals surface area contributed by atoms with Crippen LogP contribution >= 0.6 is 11.6 Å². The second kappa shape index (κ2) is 4.10. The van der Waals surface area contributed by atoms with Gasteiger partial charge in [0.05, 0.1) is 12.6 Å². The van der Waals surface area contributed by atoms with Crippen LogP contribution in [0.1, 0.15) is 10.5 Å². The number of aromatic nitrogens is 1. The van der Waals surface area contributed by atoms with Crippen molar-refractivity contribution in [1.82, 2.24) is 4.98 Å². The van der Waals surface area contributed by atoms with Crippen molar-refractivity contribution in [2.45, 2.75) is 0 Å². The number of hydrogen-bond donors (Lipinski definition) is 2. The number of amides is 1. The van der Waals surface area contributed by atoms with Crippen molar-refractivity contribution in [1.29, 1.82) is 0 Å². The molecule has 2 rings (SSSR count). The lowest BCUT2D eigenvalue weighted by molar-refractivity contribution is 0.0996. The molecule has 1 amide bonds. The van der Waals surface area contributed by atoms with Gasteiger partial charge in [-0.25, -0.2) is 0 Å². The Bertz CT molecular complexity index is 664. The Labute approximate surface area is 101 Å². The minimum absolute atomic E-state index is 0.0996. The van der Waals surface area contributed by atoms with Crippen LogP contribution in [0.15, 0.2) is 23.0 Å². The molecule has 1 heterocycles. The van der Waals surface area contributed by atoms with Crippen molar-refractivity contribution in [2.75, 3.05) is 7.11 Å². The molecule has 0 spiro atoms. The summed E-state index contributed by atoms with van der Waals surface area (Å²) in [5.74, 6) is -0.220. The second-order valence-electron chi connectivity index (χ2n) is 3.42. The fourth-order valence-corrected chi connectivity index (χ4v) is 1.79. The number of carbonyl (C=O) groups is 1. The largest absolute Gasteiger partial charge is 0.497 e. The molecule has 0 fully saturated rings. The van der Waals surface area contributed by atoms with Crippen LogP contribution < -0.4 is 15.9 Å². The molecule has 0 bridgehead atoms. The molecule has 0 saturated carbocycles. The Morgan fingerprint density at radius 2 is 2.18 bits per heavy atom. The van der Waals surface area contributed by atoms with Gasteiger partial charge in [0.15, 0.2) is 0 Å². The van der Waals surface area contributed by atoms with Crippen LogP contribution in [0.5, 0.6) is 5.75 Å². The van der Waals surface area contributed by atoms with Crippen molar-refractivity contribution in [2.24, 2.45) is 5.73 Å². The molecule has 6 heteroatoms. The summed E-state index contributed by atoms with van der Waals surface area (Å²) in [5.41, 5.74) is 5.04. The zero-order chi connectivity index (χ0) is 12.6. The quantitative estimate of drug-likeness (QED) is 0.844. The lowest BCUT2D eigenvalue weighted by Crippen LogP contribution is -2.18. The minimum atomic E-state index is -0.781. The van der Waals surface area contributed by atoms with Gasteiger partial charge in [-0.2, -0.15) is 0 Å². The van der Waals surface area contributed by atoms with Crippen molar-refractivity contribution < 1.29 is 9.53 Å². The molecule has 17 heavy (non-hydrogen) atoms. The normalized spacial score (nSPS) is 10.5. The number of methoxy groups -OCH3 is 1. The summed E-state index contributed by atoms with van der Waals surface area (Å²) in [7, 11) is 1.50. The van der Waals surface area contributed by atoms with Gasteiger partial charge in [0, 0.05) is 11.5 Å². The summed E-state index contributed by atoms with van der Waals surface area (Å²) in [5, 5.41) is 0.177. The van der Waals surface area contributed by atoms with E-state index in [1.54, 1.807) is 18.2 Å². The van der Waals surface area contributed by atoms with E-state index in [9.17, 15) is 9.59 Å². The van der Waals surface area contributed by atoms with Crippen LogP contribution in [0.3, 0.4) is 0 Å². The summed E-state index contributed by atoms with van der Waals surface area (Å²) >= 11 is 5.77. The van der Waals surface area contributed by atoms with E-state index < -0.39 is 11.3 Å². The lowest BCUT2D eigenvalue weighted by Gasteiger charge is -2.05. The maximum absolute atomic E-state index is 11.9. The van der Waals surface area contributed by atoms with Crippen LogP contribution in [0.2, 0.25) is 5.02 Å². The van der Waals surface area contributed by atoms with Crippen LogP contribution in [0.4, 0.5) is 0 Å². The zero-order valence-corrected chi connectivity index (χ0v) is 9.67. The number of H-pyrrole nitrogens is 1. The predicted molar refractivity (Wildman–Crippen MR) is 64.6 cm³/mol. The number of benzene rings is 1. The molecule has 1 aromatic heterocycles. The minimum Gasteiger partial charge on any atom is -0.497 e. The highest BCUT2D eigenvalue weighted by Gasteiger charge is 2.14. The summed E-state index contributed by atoms with van der Waals surface area (Å²) in [4.78, 5) is 25.7. The van der Waals surface area contributed by atoms with Gasteiger partial charge >= 0.3 is 0 Å². The van der Waals surface area contributed by atoms with Crippen molar-refractivity contribution >= 4 is 28.4 Å². The molecule has 2 aromatic rings. The van der Waals surface area contributed by atoms with E-state index in [-0.39, 0.29) is 10.7 Å². The SMILES string of the molecule is COc1ccc2c(=O)c(Cl)c(C(N)=O)[nH]c2c1. The molecule has 88 valence electrons. The van der Waals surface area contributed by atoms with Gasteiger partial charge in [-0.3, -0.25) is 9.59 Å². The van der Waals surface area contributed by atoms with E-state index in [1.807, 2.05) is 0 Å². The highest BCUT2D eigenvalue weighted by molar-refractivity contribution is 6.34. The van der Waals surface area contributed by atoms with Crippen LogP contribution in [-0.4, -0.2) is 18.0 Å². The average Bonchev–Trinajstić information content (AvgIpc) is 2.32. The molecule has 0 atom stereocenters. The highest BCUT2D eigenvalue weighted by Crippen LogP contribution is 2.20. The van der Waals surface area contributed by atoms with Crippen molar-refractivity contribution in [3.63, 3.8) is 0 Å². The Morgan fingerprint density at radius 3 is 2.76 bits per heavy atom. The fourth-order valence-electron chi connectivity index (χ4n) is 1.54. The van der Waals surface area contributed by atoms with Gasteiger partial charge < -0.3 is 15.5 Å². The number of hydrogen-bond acceptors (Lipinski definition) is 3. The first kappa shape index (κ1) is 11.5. The van der Waals surface area contributed by atoms with Gasteiger partial charge in [0.2, 0.25) is 5.43 Å². The first-order valence-corrected chi connectivity index (χ1v) is 5.11. The lowest BCUT2D eigenvalue weighted by atomic mass is 10.2. The number of primary amides is 1. The molecule has 0 unspecified atom stereocenters. The Morgan fingerprint density at radius 1 is 1.47 bits per heavy atom. The molecule has 0 aliphatic heterocycles. The molecule has 5 nitrogen and oxygen atoms in total. The third-order valence-corrected chi connectivity index (χ3v) is 2.76. The maximum atomic E-state index is 11.9. The standard InChI is InChI=1S/C11H9ClN2O3/c1-17-5-2-3-6-7(4-5)14-9(11(13)16)8(12)10(6)15/h2-4H,1H3,(H2,13,16)(H,14,15). The number of fused-ring (bicyclic) bond motifs is 1. The maximum Gasteiger partial charge on any atom is 0.266 e. The number of nitrogens with two attached hydrogens (primary N) is 1. The van der Waals surface area contributed by atoms with E-state index in [2.05, 4.69) is 4.98 Å². The summed E-state index contributed by atoms with van der Waals surface area (Å²) in [6.07, 6.45) is 0. The number of rotatable bonds is 2. The summed E-state index contributed by atoms with van der Waals surface area (Å²) in [6, 6.07) is 4.81. The monoisotopic (exact) mass is 252 g/mol. The van der Waals surface area contributed by atoms with E-state index in [0.717, 1.165) is 0 Å². The highest BCUT2D eigenvalue weighted by atomic mass is 35.5. The van der Waals surface area contributed by atoms with Crippen molar-refractivity contribution in [3.05, 3.63) is 39.1 Å². The van der Waals surface area contributed by atoms with E-state index in [1.165, 1.54) is 7.11 Å². The molecule has 0 aliphatic carbocycles. The molecule has 0 saturated heterocycles. The van der Waals surface area contributed by atoms with Crippen LogP contribution in [0, 0.1) is 0 Å². The number of pyridine rings is 1. The number of aromatic amines is 1. The fraction of sp³-hybridized carbons (Fsp3) is 0.0909. The zero-order valence-electron chi connectivity index (χ0n) is 8.91.